The van der Waals surface area contributed by atoms with E-state index in [2.05, 4.69) is 10.6 Å². The van der Waals surface area contributed by atoms with Crippen LogP contribution in [0.3, 0.4) is 0 Å². The van der Waals surface area contributed by atoms with Crippen LogP contribution in [0.4, 0.5) is 5.69 Å². The van der Waals surface area contributed by atoms with Gasteiger partial charge in [0.2, 0.25) is 5.91 Å². The molecule has 3 rings (SSSR count). The Bertz CT molecular complexity index is 846. The van der Waals surface area contributed by atoms with E-state index in [-0.39, 0.29) is 17.8 Å². The number of anilines is 1. The first-order valence-corrected chi connectivity index (χ1v) is 11.2. The fourth-order valence-corrected chi connectivity index (χ4v) is 4.67. The second-order valence-corrected chi connectivity index (χ2v) is 8.18. The molecule has 0 saturated heterocycles. The molecule has 2 N–H and O–H groups in total. The van der Waals surface area contributed by atoms with Crippen molar-refractivity contribution in [3.63, 3.8) is 0 Å². The van der Waals surface area contributed by atoms with Crippen molar-refractivity contribution in [2.45, 2.75) is 58.9 Å². The Labute approximate surface area is 184 Å². The van der Waals surface area contributed by atoms with Crippen LogP contribution in [0.1, 0.15) is 64.5 Å². The molecule has 0 bridgehead atoms. The summed E-state index contributed by atoms with van der Waals surface area (Å²) in [7, 11) is 0. The molecule has 1 heterocycles. The SMILES string of the molecule is CCOC(=O)C1=C(C)N(CC)C(=S)NC1c1cccc(NC(=O)C2CCCCC2)c1. The molecule has 1 aliphatic carbocycles. The van der Waals surface area contributed by atoms with Crippen molar-refractivity contribution in [2.24, 2.45) is 5.92 Å². The summed E-state index contributed by atoms with van der Waals surface area (Å²) in [5.41, 5.74) is 2.93. The third-order valence-corrected chi connectivity index (χ3v) is 6.21. The van der Waals surface area contributed by atoms with Gasteiger partial charge in [0, 0.05) is 23.8 Å². The van der Waals surface area contributed by atoms with Crippen LogP contribution < -0.4 is 10.6 Å². The molecule has 1 aromatic carbocycles. The number of nitrogens with one attached hydrogen (secondary N) is 2. The quantitative estimate of drug-likeness (QED) is 0.519. The van der Waals surface area contributed by atoms with Crippen LogP contribution in [0.25, 0.3) is 0 Å². The Hall–Kier alpha value is -2.41. The number of hydrogen-bond donors (Lipinski definition) is 2. The third kappa shape index (κ3) is 4.83. The van der Waals surface area contributed by atoms with Gasteiger partial charge in [0.1, 0.15) is 0 Å². The molecule has 1 amide bonds. The van der Waals surface area contributed by atoms with Crippen molar-refractivity contribution < 1.29 is 14.3 Å². The van der Waals surface area contributed by atoms with Crippen molar-refractivity contribution in [3.05, 3.63) is 41.1 Å². The Morgan fingerprint density at radius 2 is 1.97 bits per heavy atom. The molecule has 2 aliphatic rings. The van der Waals surface area contributed by atoms with Gasteiger partial charge in [0.15, 0.2) is 5.11 Å². The monoisotopic (exact) mass is 429 g/mol. The molecule has 0 spiro atoms. The summed E-state index contributed by atoms with van der Waals surface area (Å²) in [6.45, 7) is 6.64. The zero-order valence-corrected chi connectivity index (χ0v) is 18.8. The van der Waals surface area contributed by atoms with Crippen LogP contribution in [0, 0.1) is 5.92 Å². The highest BCUT2D eigenvalue weighted by molar-refractivity contribution is 7.80. The number of amides is 1. The van der Waals surface area contributed by atoms with E-state index >= 15 is 0 Å². The summed E-state index contributed by atoms with van der Waals surface area (Å²) < 4.78 is 5.33. The Morgan fingerprint density at radius 1 is 1.23 bits per heavy atom. The lowest BCUT2D eigenvalue weighted by molar-refractivity contribution is -0.139. The van der Waals surface area contributed by atoms with Gasteiger partial charge in [0.05, 0.1) is 18.2 Å². The van der Waals surface area contributed by atoms with Gasteiger partial charge in [0.25, 0.3) is 0 Å². The highest BCUT2D eigenvalue weighted by atomic mass is 32.1. The molecule has 7 heteroatoms. The standard InChI is InChI=1S/C23H31N3O3S/c1-4-26-15(3)19(22(28)29-5-2)20(25-23(26)30)17-12-9-13-18(14-17)24-21(27)16-10-7-6-8-11-16/h9,12-14,16,20H,4-8,10-11H2,1-3H3,(H,24,27)(H,25,30). The lowest BCUT2D eigenvalue weighted by Crippen LogP contribution is -2.47. The van der Waals surface area contributed by atoms with Crippen LogP contribution in [0.2, 0.25) is 0 Å². The van der Waals surface area contributed by atoms with Crippen LogP contribution in [-0.2, 0) is 14.3 Å². The van der Waals surface area contributed by atoms with Crippen LogP contribution >= 0.6 is 12.2 Å². The second kappa shape index (κ2) is 10.1. The van der Waals surface area contributed by atoms with Gasteiger partial charge >= 0.3 is 5.97 Å². The number of benzene rings is 1. The molecule has 162 valence electrons. The van der Waals surface area contributed by atoms with Gasteiger partial charge in [-0.3, -0.25) is 4.79 Å². The van der Waals surface area contributed by atoms with Crippen molar-refractivity contribution in [1.82, 2.24) is 10.2 Å². The molecule has 0 radical (unpaired) electrons. The van der Waals surface area contributed by atoms with E-state index in [4.69, 9.17) is 17.0 Å². The first kappa shape index (κ1) is 22.3. The number of rotatable bonds is 6. The average molecular weight is 430 g/mol. The molecule has 30 heavy (non-hydrogen) atoms. The van der Waals surface area contributed by atoms with Crippen molar-refractivity contribution in [1.29, 1.82) is 0 Å². The number of thiocarbonyl (C=S) groups is 1. The number of nitrogens with zero attached hydrogens (tertiary/aromatic N) is 1. The smallest absolute Gasteiger partial charge is 0.338 e. The maximum Gasteiger partial charge on any atom is 0.338 e. The van der Waals surface area contributed by atoms with E-state index in [1.807, 2.05) is 43.0 Å². The zero-order chi connectivity index (χ0) is 21.7. The highest BCUT2D eigenvalue weighted by Gasteiger charge is 2.34. The van der Waals surface area contributed by atoms with Gasteiger partial charge in [-0.25, -0.2) is 4.79 Å². The molecule has 6 nitrogen and oxygen atoms in total. The second-order valence-electron chi connectivity index (χ2n) is 7.80. The van der Waals surface area contributed by atoms with Gasteiger partial charge in [-0.1, -0.05) is 31.4 Å². The predicted molar refractivity (Wildman–Crippen MR) is 122 cm³/mol. The lowest BCUT2D eigenvalue weighted by Gasteiger charge is -2.37. The minimum atomic E-state index is -0.425. The molecule has 1 aliphatic heterocycles. The topological polar surface area (TPSA) is 70.7 Å². The molecular formula is C23H31N3O3S. The van der Waals surface area contributed by atoms with Gasteiger partial charge in [-0.15, -0.1) is 0 Å². The first-order valence-electron chi connectivity index (χ1n) is 10.8. The molecule has 1 saturated carbocycles. The van der Waals surface area contributed by atoms with Crippen LogP contribution in [0.5, 0.6) is 0 Å². The van der Waals surface area contributed by atoms with Crippen LogP contribution in [-0.4, -0.2) is 35.0 Å². The lowest BCUT2D eigenvalue weighted by atomic mass is 9.88. The minimum absolute atomic E-state index is 0.0773. The normalized spacial score (nSPS) is 20.0. The average Bonchev–Trinajstić information content (AvgIpc) is 2.74. The third-order valence-electron chi connectivity index (χ3n) is 5.87. The molecule has 1 aromatic rings. The molecule has 0 aromatic heterocycles. The first-order chi connectivity index (χ1) is 14.5. The van der Waals surface area contributed by atoms with Crippen molar-refractivity contribution >= 4 is 34.9 Å². The molecular weight excluding hydrogens is 398 g/mol. The van der Waals surface area contributed by atoms with E-state index in [1.54, 1.807) is 6.92 Å². The summed E-state index contributed by atoms with van der Waals surface area (Å²) in [6, 6.07) is 7.19. The largest absolute Gasteiger partial charge is 0.463 e. The fraction of sp³-hybridized carbons (Fsp3) is 0.522. The van der Waals surface area contributed by atoms with Gasteiger partial charge in [-0.05, 0) is 63.5 Å². The van der Waals surface area contributed by atoms with Crippen LogP contribution in [0.15, 0.2) is 35.5 Å². The summed E-state index contributed by atoms with van der Waals surface area (Å²) in [4.78, 5) is 27.3. The number of hydrogen-bond acceptors (Lipinski definition) is 4. The molecule has 1 unspecified atom stereocenters. The number of carbonyl (C=O) groups is 2. The molecule has 1 atom stereocenters. The number of ether oxygens (including phenoxy) is 1. The van der Waals surface area contributed by atoms with E-state index < -0.39 is 6.04 Å². The Balaban J connectivity index is 1.88. The maximum atomic E-state index is 12.8. The fourth-order valence-electron chi connectivity index (χ4n) is 4.29. The van der Waals surface area contributed by atoms with E-state index in [1.165, 1.54) is 6.42 Å². The Morgan fingerprint density at radius 3 is 2.63 bits per heavy atom. The number of allylic oxidation sites excluding steroid dienone is 1. The van der Waals surface area contributed by atoms with Crippen molar-refractivity contribution in [2.75, 3.05) is 18.5 Å². The Kier molecular flexibility index (Phi) is 7.48. The minimum Gasteiger partial charge on any atom is -0.463 e. The number of carbonyl (C=O) groups excluding carboxylic acids is 2. The summed E-state index contributed by atoms with van der Waals surface area (Å²) in [5.74, 6) is -0.197. The number of esters is 1. The van der Waals surface area contributed by atoms with E-state index in [0.29, 0.717) is 23.8 Å². The van der Waals surface area contributed by atoms with Gasteiger partial charge < -0.3 is 20.3 Å². The van der Waals surface area contributed by atoms with Gasteiger partial charge in [-0.2, -0.15) is 0 Å². The van der Waals surface area contributed by atoms with Crippen molar-refractivity contribution in [3.8, 4) is 0 Å². The summed E-state index contributed by atoms with van der Waals surface area (Å²) in [6.07, 6.45) is 5.34. The molecule has 1 fully saturated rings. The van der Waals surface area contributed by atoms with E-state index in [9.17, 15) is 9.59 Å². The van der Waals surface area contributed by atoms with E-state index in [0.717, 1.165) is 42.6 Å². The maximum absolute atomic E-state index is 12.8. The predicted octanol–water partition coefficient (Wildman–Crippen LogP) is 4.29. The zero-order valence-electron chi connectivity index (χ0n) is 18.0. The highest BCUT2D eigenvalue weighted by Crippen LogP contribution is 2.33. The summed E-state index contributed by atoms with van der Waals surface area (Å²) >= 11 is 5.53. The summed E-state index contributed by atoms with van der Waals surface area (Å²) in [5, 5.41) is 6.92.